The van der Waals surface area contributed by atoms with Gasteiger partial charge in [0.2, 0.25) is 0 Å². The standard InChI is InChI=1S/C20H22N4O3/c1-14(18-12-15-4-2-3-5-17(15)27-18)22-20(25)23-16-6-7-19(21-13-16)24-8-10-26-11-9-24/h2-7,12-14H,8-11H2,1H3,(H2,22,23,25). The van der Waals surface area contributed by atoms with E-state index >= 15 is 0 Å². The van der Waals surface area contributed by atoms with Gasteiger partial charge in [-0.05, 0) is 31.2 Å². The topological polar surface area (TPSA) is 79.6 Å². The minimum absolute atomic E-state index is 0.252. The Morgan fingerprint density at radius 2 is 2.00 bits per heavy atom. The summed E-state index contributed by atoms with van der Waals surface area (Å²) in [6, 6.07) is 12.9. The van der Waals surface area contributed by atoms with E-state index in [-0.39, 0.29) is 12.1 Å². The highest BCUT2D eigenvalue weighted by Crippen LogP contribution is 2.23. The highest BCUT2D eigenvalue weighted by Gasteiger charge is 2.15. The molecule has 7 heteroatoms. The van der Waals surface area contributed by atoms with Crippen molar-refractivity contribution in [3.63, 3.8) is 0 Å². The van der Waals surface area contributed by atoms with Crippen LogP contribution in [0.4, 0.5) is 16.3 Å². The zero-order valence-electron chi connectivity index (χ0n) is 15.1. The Bertz CT molecular complexity index is 883. The average Bonchev–Trinajstić information content (AvgIpc) is 3.14. The number of carbonyl (C=O) groups excluding carboxylic acids is 1. The van der Waals surface area contributed by atoms with E-state index in [1.807, 2.05) is 49.4 Å². The summed E-state index contributed by atoms with van der Waals surface area (Å²) < 4.78 is 11.1. The summed E-state index contributed by atoms with van der Waals surface area (Å²) in [5.74, 6) is 1.60. The van der Waals surface area contributed by atoms with Gasteiger partial charge in [0.25, 0.3) is 0 Å². The van der Waals surface area contributed by atoms with Gasteiger partial charge >= 0.3 is 6.03 Å². The number of carbonyl (C=O) groups is 1. The second kappa shape index (κ2) is 7.67. The van der Waals surface area contributed by atoms with Crippen molar-refractivity contribution in [2.24, 2.45) is 0 Å². The van der Waals surface area contributed by atoms with Crippen LogP contribution in [0.5, 0.6) is 0 Å². The predicted octanol–water partition coefficient (Wildman–Crippen LogP) is 3.55. The number of morpholine rings is 1. The molecule has 0 aliphatic carbocycles. The molecule has 3 heterocycles. The minimum Gasteiger partial charge on any atom is -0.459 e. The van der Waals surface area contributed by atoms with Gasteiger partial charge in [-0.25, -0.2) is 9.78 Å². The number of aromatic nitrogens is 1. The smallest absolute Gasteiger partial charge is 0.319 e. The summed E-state index contributed by atoms with van der Waals surface area (Å²) in [4.78, 5) is 18.9. The fraction of sp³-hybridized carbons (Fsp3) is 0.300. The third-order valence-electron chi connectivity index (χ3n) is 4.56. The molecule has 2 N–H and O–H groups in total. The molecule has 4 rings (SSSR count). The summed E-state index contributed by atoms with van der Waals surface area (Å²) >= 11 is 0. The Labute approximate surface area is 157 Å². The van der Waals surface area contributed by atoms with E-state index in [4.69, 9.17) is 9.15 Å². The first kappa shape index (κ1) is 17.4. The molecule has 1 aromatic carbocycles. The Balaban J connectivity index is 1.35. The van der Waals surface area contributed by atoms with E-state index in [2.05, 4.69) is 20.5 Å². The number of nitrogens with zero attached hydrogens (tertiary/aromatic N) is 2. The highest BCUT2D eigenvalue weighted by molar-refractivity contribution is 5.89. The number of hydrogen-bond acceptors (Lipinski definition) is 5. The van der Waals surface area contributed by atoms with Gasteiger partial charge in [0, 0.05) is 18.5 Å². The number of rotatable bonds is 4. The number of amides is 2. The summed E-state index contributed by atoms with van der Waals surface area (Å²) in [5, 5.41) is 6.71. The summed E-state index contributed by atoms with van der Waals surface area (Å²) in [7, 11) is 0. The van der Waals surface area contributed by atoms with Crippen LogP contribution in [0.15, 0.2) is 53.1 Å². The van der Waals surface area contributed by atoms with Gasteiger partial charge in [0.15, 0.2) is 0 Å². The number of pyridine rings is 1. The van der Waals surface area contributed by atoms with Crippen molar-refractivity contribution in [3.8, 4) is 0 Å². The molecule has 0 spiro atoms. The van der Waals surface area contributed by atoms with Crippen molar-refractivity contribution in [1.82, 2.24) is 10.3 Å². The van der Waals surface area contributed by atoms with E-state index in [0.717, 1.165) is 29.9 Å². The first-order valence-electron chi connectivity index (χ1n) is 9.04. The van der Waals surface area contributed by atoms with Gasteiger partial charge in [-0.15, -0.1) is 0 Å². The number of fused-ring (bicyclic) bond motifs is 1. The maximum Gasteiger partial charge on any atom is 0.319 e. The SMILES string of the molecule is CC(NC(=O)Nc1ccc(N2CCOCC2)nc1)c1cc2ccccc2o1. The monoisotopic (exact) mass is 366 g/mol. The second-order valence-electron chi connectivity index (χ2n) is 6.51. The number of furan rings is 1. The molecule has 1 fully saturated rings. The molecule has 1 saturated heterocycles. The molecule has 2 aromatic heterocycles. The summed E-state index contributed by atoms with van der Waals surface area (Å²) in [6.45, 7) is 4.97. The van der Waals surface area contributed by atoms with Crippen molar-refractivity contribution < 1.29 is 13.9 Å². The van der Waals surface area contributed by atoms with Crippen molar-refractivity contribution in [1.29, 1.82) is 0 Å². The van der Waals surface area contributed by atoms with Crippen LogP contribution < -0.4 is 15.5 Å². The fourth-order valence-electron chi connectivity index (χ4n) is 3.09. The van der Waals surface area contributed by atoms with E-state index in [1.165, 1.54) is 0 Å². The lowest BCUT2D eigenvalue weighted by Gasteiger charge is -2.27. The Hall–Kier alpha value is -3.06. The summed E-state index contributed by atoms with van der Waals surface area (Å²) in [6.07, 6.45) is 1.66. The average molecular weight is 366 g/mol. The molecular weight excluding hydrogens is 344 g/mol. The number of ether oxygens (including phenoxy) is 1. The first-order valence-corrected chi connectivity index (χ1v) is 9.04. The molecule has 0 bridgehead atoms. The zero-order chi connectivity index (χ0) is 18.6. The van der Waals surface area contributed by atoms with E-state index in [0.29, 0.717) is 24.7 Å². The molecule has 7 nitrogen and oxygen atoms in total. The lowest BCUT2D eigenvalue weighted by Crippen LogP contribution is -2.36. The van der Waals surface area contributed by atoms with Crippen LogP contribution in [0, 0.1) is 0 Å². The first-order chi connectivity index (χ1) is 13.2. The molecular formula is C20H22N4O3. The maximum atomic E-state index is 12.3. The zero-order valence-corrected chi connectivity index (χ0v) is 15.1. The van der Waals surface area contributed by atoms with Gasteiger partial charge in [0.05, 0.1) is 31.1 Å². The van der Waals surface area contributed by atoms with Crippen molar-refractivity contribution >= 4 is 28.5 Å². The highest BCUT2D eigenvalue weighted by atomic mass is 16.5. The fourth-order valence-corrected chi connectivity index (χ4v) is 3.09. The Kier molecular flexibility index (Phi) is 4.93. The van der Waals surface area contributed by atoms with Crippen LogP contribution >= 0.6 is 0 Å². The van der Waals surface area contributed by atoms with Gasteiger partial charge in [-0.3, -0.25) is 0 Å². The van der Waals surface area contributed by atoms with Crippen LogP contribution in [0.1, 0.15) is 18.7 Å². The molecule has 0 radical (unpaired) electrons. The van der Waals surface area contributed by atoms with Gasteiger partial charge < -0.3 is 24.7 Å². The molecule has 0 saturated carbocycles. The lowest BCUT2D eigenvalue weighted by atomic mass is 10.2. The number of para-hydroxylation sites is 1. The van der Waals surface area contributed by atoms with E-state index < -0.39 is 0 Å². The van der Waals surface area contributed by atoms with Crippen LogP contribution in [-0.2, 0) is 4.74 Å². The number of hydrogen-bond donors (Lipinski definition) is 2. The van der Waals surface area contributed by atoms with Crippen LogP contribution in [-0.4, -0.2) is 37.3 Å². The number of benzene rings is 1. The molecule has 140 valence electrons. The van der Waals surface area contributed by atoms with Crippen LogP contribution in [0.2, 0.25) is 0 Å². The molecule has 27 heavy (non-hydrogen) atoms. The van der Waals surface area contributed by atoms with E-state index in [9.17, 15) is 4.79 Å². The molecule has 1 unspecified atom stereocenters. The predicted molar refractivity (Wildman–Crippen MR) is 104 cm³/mol. The third kappa shape index (κ3) is 4.03. The van der Waals surface area contributed by atoms with E-state index in [1.54, 1.807) is 6.20 Å². The van der Waals surface area contributed by atoms with Crippen molar-refractivity contribution in [2.75, 3.05) is 36.5 Å². The number of nitrogens with one attached hydrogen (secondary N) is 2. The maximum absolute atomic E-state index is 12.3. The Morgan fingerprint density at radius 1 is 1.19 bits per heavy atom. The molecule has 1 aliphatic rings. The second-order valence-corrected chi connectivity index (χ2v) is 6.51. The van der Waals surface area contributed by atoms with Crippen LogP contribution in [0.3, 0.4) is 0 Å². The number of anilines is 2. The van der Waals surface area contributed by atoms with Gasteiger partial charge in [0.1, 0.15) is 17.2 Å². The quantitative estimate of drug-likeness (QED) is 0.738. The normalized spacial score (nSPS) is 15.5. The van der Waals surface area contributed by atoms with Gasteiger partial charge in [-0.2, -0.15) is 0 Å². The lowest BCUT2D eigenvalue weighted by molar-refractivity contribution is 0.122. The molecule has 2 amide bonds. The largest absolute Gasteiger partial charge is 0.459 e. The molecule has 1 atom stereocenters. The van der Waals surface area contributed by atoms with Crippen molar-refractivity contribution in [2.45, 2.75) is 13.0 Å². The Morgan fingerprint density at radius 3 is 2.74 bits per heavy atom. The number of urea groups is 1. The van der Waals surface area contributed by atoms with Crippen molar-refractivity contribution in [3.05, 3.63) is 54.4 Å². The summed E-state index contributed by atoms with van der Waals surface area (Å²) in [5.41, 5.74) is 1.45. The van der Waals surface area contributed by atoms with Gasteiger partial charge in [-0.1, -0.05) is 18.2 Å². The molecule has 3 aromatic rings. The molecule has 1 aliphatic heterocycles. The third-order valence-corrected chi connectivity index (χ3v) is 4.56. The minimum atomic E-state index is -0.302. The van der Waals surface area contributed by atoms with Crippen LogP contribution in [0.25, 0.3) is 11.0 Å².